The van der Waals surface area contributed by atoms with Gasteiger partial charge in [-0.25, -0.2) is 4.79 Å². The van der Waals surface area contributed by atoms with E-state index >= 15 is 0 Å². The van der Waals surface area contributed by atoms with Crippen molar-refractivity contribution in [3.8, 4) is 0 Å². The zero-order valence-corrected chi connectivity index (χ0v) is 10.8. The van der Waals surface area contributed by atoms with Crippen LogP contribution in [0.5, 0.6) is 0 Å². The first kappa shape index (κ1) is 14.2. The Labute approximate surface area is 107 Å². The molecular formula is C14H19NO3. The molecule has 0 saturated heterocycles. The van der Waals surface area contributed by atoms with E-state index in [9.17, 15) is 9.59 Å². The Balaban J connectivity index is 2.61. The van der Waals surface area contributed by atoms with Crippen LogP contribution in [0.15, 0.2) is 24.3 Å². The number of aliphatic carboxylic acids is 1. The third kappa shape index (κ3) is 4.20. The van der Waals surface area contributed by atoms with Crippen molar-refractivity contribution >= 4 is 11.9 Å². The number of benzene rings is 1. The quantitative estimate of drug-likeness (QED) is 0.807. The number of hydrogen-bond acceptors (Lipinski definition) is 2. The molecule has 18 heavy (non-hydrogen) atoms. The summed E-state index contributed by atoms with van der Waals surface area (Å²) < 4.78 is 0. The third-order valence-electron chi connectivity index (χ3n) is 2.81. The standard InChI is InChI=1S/C14H19NO3/c1-3-10-6-5-7-11(8-10)9-13(16)15-12(4-2)14(17)18/h5-8,12H,3-4,9H2,1-2H3,(H,15,16)(H,17,18). The first-order chi connectivity index (χ1) is 8.56. The van der Waals surface area contributed by atoms with Crippen LogP contribution in [0.3, 0.4) is 0 Å². The van der Waals surface area contributed by atoms with Crippen LogP contribution in [-0.4, -0.2) is 23.0 Å². The molecule has 0 spiro atoms. The van der Waals surface area contributed by atoms with E-state index < -0.39 is 12.0 Å². The number of carbonyl (C=O) groups excluding carboxylic acids is 1. The summed E-state index contributed by atoms with van der Waals surface area (Å²) in [5.74, 6) is -1.24. The van der Waals surface area contributed by atoms with Crippen molar-refractivity contribution in [1.29, 1.82) is 0 Å². The summed E-state index contributed by atoms with van der Waals surface area (Å²) in [6.45, 7) is 3.79. The number of hydrogen-bond donors (Lipinski definition) is 2. The summed E-state index contributed by atoms with van der Waals surface area (Å²) in [5.41, 5.74) is 2.08. The second kappa shape index (κ2) is 6.79. The van der Waals surface area contributed by atoms with Gasteiger partial charge in [0, 0.05) is 0 Å². The van der Waals surface area contributed by atoms with Crippen molar-refractivity contribution in [3.05, 3.63) is 35.4 Å². The Hall–Kier alpha value is -1.84. The summed E-state index contributed by atoms with van der Waals surface area (Å²) in [6, 6.07) is 6.97. The van der Waals surface area contributed by atoms with Gasteiger partial charge in [-0.2, -0.15) is 0 Å². The van der Waals surface area contributed by atoms with Crippen molar-refractivity contribution in [2.45, 2.75) is 39.2 Å². The lowest BCUT2D eigenvalue weighted by molar-refractivity contribution is -0.141. The zero-order chi connectivity index (χ0) is 13.5. The van der Waals surface area contributed by atoms with E-state index in [1.807, 2.05) is 24.3 Å². The molecule has 1 aromatic carbocycles. The topological polar surface area (TPSA) is 66.4 Å². The van der Waals surface area contributed by atoms with E-state index in [2.05, 4.69) is 12.2 Å². The van der Waals surface area contributed by atoms with Crippen LogP contribution in [0.4, 0.5) is 0 Å². The molecule has 0 radical (unpaired) electrons. The largest absolute Gasteiger partial charge is 0.480 e. The lowest BCUT2D eigenvalue weighted by Crippen LogP contribution is -2.40. The van der Waals surface area contributed by atoms with Gasteiger partial charge in [-0.3, -0.25) is 4.79 Å². The Kier molecular flexibility index (Phi) is 5.36. The third-order valence-corrected chi connectivity index (χ3v) is 2.81. The molecule has 0 aliphatic carbocycles. The van der Waals surface area contributed by atoms with Crippen LogP contribution >= 0.6 is 0 Å². The average Bonchev–Trinajstić information content (AvgIpc) is 2.35. The average molecular weight is 249 g/mol. The van der Waals surface area contributed by atoms with Crippen LogP contribution in [-0.2, 0) is 22.4 Å². The van der Waals surface area contributed by atoms with E-state index in [1.54, 1.807) is 6.92 Å². The van der Waals surface area contributed by atoms with Gasteiger partial charge in [-0.1, -0.05) is 38.1 Å². The molecule has 0 bridgehead atoms. The second-order valence-corrected chi connectivity index (χ2v) is 4.22. The summed E-state index contributed by atoms with van der Waals surface area (Å²) in [6.07, 6.45) is 1.52. The van der Waals surface area contributed by atoms with Gasteiger partial charge in [-0.05, 0) is 24.0 Å². The lowest BCUT2D eigenvalue weighted by Gasteiger charge is -2.12. The molecule has 2 N–H and O–H groups in total. The maximum atomic E-state index is 11.7. The molecule has 1 aromatic rings. The molecule has 1 amide bonds. The highest BCUT2D eigenvalue weighted by Crippen LogP contribution is 2.07. The number of rotatable bonds is 6. The van der Waals surface area contributed by atoms with Gasteiger partial charge in [0.05, 0.1) is 6.42 Å². The number of amides is 1. The highest BCUT2D eigenvalue weighted by atomic mass is 16.4. The van der Waals surface area contributed by atoms with Crippen LogP contribution in [0.1, 0.15) is 31.4 Å². The fourth-order valence-electron chi connectivity index (χ4n) is 1.73. The van der Waals surface area contributed by atoms with Crippen LogP contribution in [0, 0.1) is 0 Å². The fourth-order valence-corrected chi connectivity index (χ4v) is 1.73. The number of nitrogens with one attached hydrogen (secondary N) is 1. The van der Waals surface area contributed by atoms with Crippen molar-refractivity contribution in [2.75, 3.05) is 0 Å². The summed E-state index contributed by atoms with van der Waals surface area (Å²) in [4.78, 5) is 22.5. The molecule has 1 rings (SSSR count). The Bertz CT molecular complexity index is 429. The van der Waals surface area contributed by atoms with Crippen LogP contribution < -0.4 is 5.32 Å². The van der Waals surface area contributed by atoms with E-state index in [4.69, 9.17) is 5.11 Å². The molecule has 4 nitrogen and oxygen atoms in total. The Morgan fingerprint density at radius 3 is 2.50 bits per heavy atom. The molecule has 0 aliphatic rings. The van der Waals surface area contributed by atoms with E-state index in [1.165, 1.54) is 5.56 Å². The lowest BCUT2D eigenvalue weighted by atomic mass is 10.1. The molecule has 98 valence electrons. The van der Waals surface area contributed by atoms with E-state index in [0.717, 1.165) is 12.0 Å². The highest BCUT2D eigenvalue weighted by Gasteiger charge is 2.17. The molecule has 1 unspecified atom stereocenters. The zero-order valence-electron chi connectivity index (χ0n) is 10.8. The molecule has 0 fully saturated rings. The molecule has 0 heterocycles. The van der Waals surface area contributed by atoms with E-state index in [-0.39, 0.29) is 12.3 Å². The molecular weight excluding hydrogens is 230 g/mol. The number of aryl methyl sites for hydroxylation is 1. The molecule has 0 saturated carbocycles. The minimum atomic E-state index is -0.992. The predicted molar refractivity (Wildman–Crippen MR) is 69.4 cm³/mol. The highest BCUT2D eigenvalue weighted by molar-refractivity contribution is 5.84. The maximum absolute atomic E-state index is 11.7. The monoisotopic (exact) mass is 249 g/mol. The van der Waals surface area contributed by atoms with Gasteiger partial charge in [0.15, 0.2) is 0 Å². The van der Waals surface area contributed by atoms with E-state index in [0.29, 0.717) is 6.42 Å². The van der Waals surface area contributed by atoms with Gasteiger partial charge >= 0.3 is 5.97 Å². The molecule has 1 atom stereocenters. The van der Waals surface area contributed by atoms with Crippen LogP contribution in [0.2, 0.25) is 0 Å². The van der Waals surface area contributed by atoms with Crippen molar-refractivity contribution < 1.29 is 14.7 Å². The van der Waals surface area contributed by atoms with Gasteiger partial charge in [-0.15, -0.1) is 0 Å². The first-order valence-electron chi connectivity index (χ1n) is 6.16. The summed E-state index contributed by atoms with van der Waals surface area (Å²) in [5, 5.41) is 11.4. The summed E-state index contributed by atoms with van der Waals surface area (Å²) in [7, 11) is 0. The number of carbonyl (C=O) groups is 2. The number of carboxylic acids is 1. The normalized spacial score (nSPS) is 11.9. The van der Waals surface area contributed by atoms with Gasteiger partial charge < -0.3 is 10.4 Å². The minimum absolute atomic E-state index is 0.220. The Morgan fingerprint density at radius 1 is 1.28 bits per heavy atom. The Morgan fingerprint density at radius 2 is 1.94 bits per heavy atom. The van der Waals surface area contributed by atoms with Crippen LogP contribution in [0.25, 0.3) is 0 Å². The second-order valence-electron chi connectivity index (χ2n) is 4.22. The van der Waals surface area contributed by atoms with Crippen molar-refractivity contribution in [2.24, 2.45) is 0 Å². The number of carboxylic acid groups (broad SMARTS) is 1. The SMILES string of the molecule is CCc1cccc(CC(=O)NC(CC)C(=O)O)c1. The van der Waals surface area contributed by atoms with Gasteiger partial charge in [0.2, 0.25) is 5.91 Å². The van der Waals surface area contributed by atoms with Gasteiger partial charge in [0.25, 0.3) is 0 Å². The fraction of sp³-hybridized carbons (Fsp3) is 0.429. The summed E-state index contributed by atoms with van der Waals surface area (Å²) >= 11 is 0. The molecule has 4 heteroatoms. The molecule has 0 aliphatic heterocycles. The van der Waals surface area contributed by atoms with Crippen molar-refractivity contribution in [3.63, 3.8) is 0 Å². The molecule has 0 aromatic heterocycles. The van der Waals surface area contributed by atoms with Crippen molar-refractivity contribution in [1.82, 2.24) is 5.32 Å². The minimum Gasteiger partial charge on any atom is -0.480 e. The van der Waals surface area contributed by atoms with Gasteiger partial charge in [0.1, 0.15) is 6.04 Å². The maximum Gasteiger partial charge on any atom is 0.326 e. The smallest absolute Gasteiger partial charge is 0.326 e. The first-order valence-corrected chi connectivity index (χ1v) is 6.16. The predicted octanol–water partition coefficient (Wildman–Crippen LogP) is 1.77.